The van der Waals surface area contributed by atoms with Crippen LogP contribution >= 0.6 is 0 Å². The summed E-state index contributed by atoms with van der Waals surface area (Å²) in [6.07, 6.45) is -3.57. The molecule has 1 atom stereocenters. The van der Waals surface area contributed by atoms with Gasteiger partial charge in [0.05, 0.1) is 6.42 Å². The Balaban J connectivity index is 2.48. The number of alkyl halides is 3. The summed E-state index contributed by atoms with van der Waals surface area (Å²) >= 11 is 0. The lowest BCUT2D eigenvalue weighted by Gasteiger charge is -2.15. The van der Waals surface area contributed by atoms with Crippen molar-refractivity contribution in [1.29, 1.82) is 5.26 Å². The summed E-state index contributed by atoms with van der Waals surface area (Å²) in [7, 11) is 0. The van der Waals surface area contributed by atoms with Crippen molar-refractivity contribution in [3.8, 4) is 6.07 Å². The summed E-state index contributed by atoms with van der Waals surface area (Å²) in [5.41, 5.74) is 0.998. The van der Waals surface area contributed by atoms with Crippen LogP contribution in [0.15, 0.2) is 18.3 Å². The van der Waals surface area contributed by atoms with Gasteiger partial charge in [0.2, 0.25) is 0 Å². The van der Waals surface area contributed by atoms with Crippen LogP contribution in [0.1, 0.15) is 24.6 Å². The topological polar surface area (TPSA) is 48.7 Å². The van der Waals surface area contributed by atoms with E-state index in [0.29, 0.717) is 0 Å². The molecule has 0 aliphatic heterocycles. The van der Waals surface area contributed by atoms with E-state index in [1.807, 2.05) is 6.07 Å². The van der Waals surface area contributed by atoms with E-state index >= 15 is 0 Å². The van der Waals surface area contributed by atoms with Gasteiger partial charge in [-0.25, -0.2) is 4.98 Å². The Morgan fingerprint density at radius 1 is 1.53 bits per heavy atom. The van der Waals surface area contributed by atoms with Gasteiger partial charge >= 0.3 is 6.18 Å². The highest BCUT2D eigenvalue weighted by atomic mass is 19.4. The SMILES string of the molecule is CC(CC(F)(F)F)NCc1ccnc(C#N)c1. The fourth-order valence-corrected chi connectivity index (χ4v) is 1.36. The van der Waals surface area contributed by atoms with Crippen LogP contribution in [0.25, 0.3) is 0 Å². The standard InChI is InChI=1S/C11H12F3N3/c1-8(5-11(12,13)14)17-7-9-2-3-16-10(4-9)6-15/h2-4,8,17H,5,7H2,1H3. The number of nitriles is 1. The number of aromatic nitrogens is 1. The summed E-state index contributed by atoms with van der Waals surface area (Å²) < 4.78 is 36.2. The van der Waals surface area contributed by atoms with Gasteiger partial charge < -0.3 is 5.32 Å². The lowest BCUT2D eigenvalue weighted by molar-refractivity contribution is -0.139. The summed E-state index contributed by atoms with van der Waals surface area (Å²) in [6.45, 7) is 1.76. The fraction of sp³-hybridized carbons (Fsp3) is 0.455. The molecule has 0 amide bonds. The Hall–Kier alpha value is -1.61. The van der Waals surface area contributed by atoms with Crippen LogP contribution < -0.4 is 5.32 Å². The molecule has 1 aromatic rings. The van der Waals surface area contributed by atoms with Crippen molar-refractivity contribution in [1.82, 2.24) is 10.3 Å². The molecule has 0 radical (unpaired) electrons. The summed E-state index contributed by atoms with van der Waals surface area (Å²) in [4.78, 5) is 3.78. The highest BCUT2D eigenvalue weighted by Gasteiger charge is 2.29. The number of nitrogens with one attached hydrogen (secondary N) is 1. The van der Waals surface area contributed by atoms with Crippen LogP contribution in [-0.4, -0.2) is 17.2 Å². The molecule has 3 nitrogen and oxygen atoms in total. The second-order valence-electron chi connectivity index (χ2n) is 3.76. The van der Waals surface area contributed by atoms with Gasteiger partial charge in [0, 0.05) is 18.8 Å². The minimum Gasteiger partial charge on any atom is -0.310 e. The Labute approximate surface area is 97.3 Å². The van der Waals surface area contributed by atoms with E-state index in [2.05, 4.69) is 10.3 Å². The average Bonchev–Trinajstić information content (AvgIpc) is 2.24. The van der Waals surface area contributed by atoms with Gasteiger partial charge in [-0.15, -0.1) is 0 Å². The van der Waals surface area contributed by atoms with E-state index in [1.54, 1.807) is 12.1 Å². The molecule has 6 heteroatoms. The zero-order valence-electron chi connectivity index (χ0n) is 9.25. The Bertz CT molecular complexity index is 409. The molecule has 92 valence electrons. The van der Waals surface area contributed by atoms with Crippen LogP contribution in [0.2, 0.25) is 0 Å². The molecular weight excluding hydrogens is 231 g/mol. The number of rotatable bonds is 4. The molecule has 0 spiro atoms. The quantitative estimate of drug-likeness (QED) is 0.883. The van der Waals surface area contributed by atoms with Crippen molar-refractivity contribution in [2.45, 2.75) is 32.1 Å². The smallest absolute Gasteiger partial charge is 0.310 e. The van der Waals surface area contributed by atoms with E-state index in [1.165, 1.54) is 13.1 Å². The molecule has 0 aliphatic rings. The third kappa shape index (κ3) is 5.31. The van der Waals surface area contributed by atoms with E-state index in [9.17, 15) is 13.2 Å². The third-order valence-corrected chi connectivity index (χ3v) is 2.13. The van der Waals surface area contributed by atoms with Crippen molar-refractivity contribution in [2.75, 3.05) is 0 Å². The predicted octanol–water partition coefficient (Wildman–Crippen LogP) is 2.38. The van der Waals surface area contributed by atoms with Crippen molar-refractivity contribution in [3.05, 3.63) is 29.6 Å². The summed E-state index contributed by atoms with van der Waals surface area (Å²) in [6, 6.07) is 4.43. The number of nitrogens with zero attached hydrogens (tertiary/aromatic N) is 2. The Kier molecular flexibility index (Phi) is 4.46. The van der Waals surface area contributed by atoms with E-state index in [-0.39, 0.29) is 12.2 Å². The van der Waals surface area contributed by atoms with Gasteiger partial charge in [0.1, 0.15) is 11.8 Å². The van der Waals surface area contributed by atoms with Crippen molar-refractivity contribution in [2.24, 2.45) is 0 Å². The lowest BCUT2D eigenvalue weighted by Crippen LogP contribution is -2.30. The van der Waals surface area contributed by atoms with E-state index in [0.717, 1.165) is 5.56 Å². The van der Waals surface area contributed by atoms with Crippen LogP contribution in [0, 0.1) is 11.3 Å². The number of hydrogen-bond acceptors (Lipinski definition) is 3. The minimum absolute atomic E-state index is 0.257. The summed E-state index contributed by atoms with van der Waals surface area (Å²) in [5.74, 6) is 0. The molecule has 1 rings (SSSR count). The van der Waals surface area contributed by atoms with Gasteiger partial charge in [0.15, 0.2) is 0 Å². The number of hydrogen-bond donors (Lipinski definition) is 1. The molecule has 0 bridgehead atoms. The molecule has 0 saturated heterocycles. The monoisotopic (exact) mass is 243 g/mol. The molecule has 0 fully saturated rings. The molecule has 1 unspecified atom stereocenters. The first-order valence-corrected chi connectivity index (χ1v) is 5.06. The first-order valence-electron chi connectivity index (χ1n) is 5.06. The molecule has 17 heavy (non-hydrogen) atoms. The van der Waals surface area contributed by atoms with Crippen molar-refractivity contribution in [3.63, 3.8) is 0 Å². The molecule has 0 aromatic carbocycles. The van der Waals surface area contributed by atoms with E-state index < -0.39 is 18.6 Å². The molecule has 1 heterocycles. The Morgan fingerprint density at radius 3 is 2.82 bits per heavy atom. The number of pyridine rings is 1. The second-order valence-corrected chi connectivity index (χ2v) is 3.76. The first-order chi connectivity index (χ1) is 7.90. The van der Waals surface area contributed by atoms with Gasteiger partial charge in [-0.1, -0.05) is 0 Å². The molecule has 1 N–H and O–H groups in total. The molecule has 1 aromatic heterocycles. The molecule has 0 saturated carbocycles. The molecule has 0 aliphatic carbocycles. The first kappa shape index (κ1) is 13.5. The van der Waals surface area contributed by atoms with Crippen molar-refractivity contribution >= 4 is 0 Å². The normalized spacial score (nSPS) is 13.1. The van der Waals surface area contributed by atoms with Gasteiger partial charge in [-0.3, -0.25) is 0 Å². The van der Waals surface area contributed by atoms with Crippen LogP contribution in [0.3, 0.4) is 0 Å². The minimum atomic E-state index is -4.16. The highest BCUT2D eigenvalue weighted by Crippen LogP contribution is 2.21. The maximum absolute atomic E-state index is 12.1. The maximum Gasteiger partial charge on any atom is 0.390 e. The maximum atomic E-state index is 12.1. The lowest BCUT2D eigenvalue weighted by atomic mass is 10.2. The molecular formula is C11H12F3N3. The number of halogens is 3. The largest absolute Gasteiger partial charge is 0.390 e. The van der Waals surface area contributed by atoms with E-state index in [4.69, 9.17) is 5.26 Å². The van der Waals surface area contributed by atoms with Crippen LogP contribution in [-0.2, 0) is 6.54 Å². The van der Waals surface area contributed by atoms with Gasteiger partial charge in [-0.05, 0) is 24.6 Å². The van der Waals surface area contributed by atoms with Gasteiger partial charge in [0.25, 0.3) is 0 Å². The van der Waals surface area contributed by atoms with Crippen LogP contribution in [0.5, 0.6) is 0 Å². The average molecular weight is 243 g/mol. The zero-order chi connectivity index (χ0) is 12.9. The summed E-state index contributed by atoms with van der Waals surface area (Å²) in [5, 5.41) is 11.4. The fourth-order valence-electron chi connectivity index (χ4n) is 1.36. The second kappa shape index (κ2) is 5.64. The highest BCUT2D eigenvalue weighted by molar-refractivity contribution is 5.25. The zero-order valence-corrected chi connectivity index (χ0v) is 9.25. The predicted molar refractivity (Wildman–Crippen MR) is 55.9 cm³/mol. The van der Waals surface area contributed by atoms with Crippen molar-refractivity contribution < 1.29 is 13.2 Å². The van der Waals surface area contributed by atoms with Crippen LogP contribution in [0.4, 0.5) is 13.2 Å². The Morgan fingerprint density at radius 2 is 2.24 bits per heavy atom. The third-order valence-electron chi connectivity index (χ3n) is 2.13. The van der Waals surface area contributed by atoms with Gasteiger partial charge in [-0.2, -0.15) is 18.4 Å².